The first kappa shape index (κ1) is 26.8. The van der Waals surface area contributed by atoms with Crippen LogP contribution in [0.25, 0.3) is 11.2 Å². The maximum atomic E-state index is 16.0. The minimum absolute atomic E-state index is 0.00482. The van der Waals surface area contributed by atoms with Crippen molar-refractivity contribution in [2.24, 2.45) is 5.73 Å². The Balaban J connectivity index is 1.48. The Labute approximate surface area is 234 Å². The van der Waals surface area contributed by atoms with Crippen LogP contribution < -0.4 is 16.8 Å². The number of hydrogen-bond acceptors (Lipinski definition) is 8. The van der Waals surface area contributed by atoms with Crippen LogP contribution >= 0.6 is 0 Å². The molecule has 1 fully saturated rings. The lowest BCUT2D eigenvalue weighted by atomic mass is 9.63. The van der Waals surface area contributed by atoms with Crippen molar-refractivity contribution in [2.45, 2.75) is 36.1 Å². The molecule has 3 aromatic carbocycles. The van der Waals surface area contributed by atoms with Gasteiger partial charge in [-0.05, 0) is 16.7 Å². The molecule has 0 radical (unpaired) electrons. The summed E-state index contributed by atoms with van der Waals surface area (Å²) in [6.45, 7) is 0. The fraction of sp³-hybridized carbons (Fsp3) is 0.233. The van der Waals surface area contributed by atoms with E-state index in [-0.39, 0.29) is 17.1 Å². The van der Waals surface area contributed by atoms with Crippen molar-refractivity contribution in [3.05, 3.63) is 124 Å². The fourth-order valence-electron chi connectivity index (χ4n) is 5.87. The zero-order valence-electron chi connectivity index (χ0n) is 22.1. The molecule has 0 saturated carbocycles. The van der Waals surface area contributed by atoms with Gasteiger partial charge < -0.3 is 15.6 Å². The molecular formula is C30H29FN6O4. The third-order valence-corrected chi connectivity index (χ3v) is 7.68. The number of anilines is 1. The number of rotatable bonds is 8. The van der Waals surface area contributed by atoms with Crippen LogP contribution in [0.15, 0.2) is 102 Å². The van der Waals surface area contributed by atoms with Crippen LogP contribution in [0.5, 0.6) is 0 Å². The molecule has 5 atom stereocenters. The molecule has 1 aliphatic heterocycles. The average Bonchev–Trinajstić information content (AvgIpc) is 3.56. The molecule has 3 heterocycles. The van der Waals surface area contributed by atoms with Gasteiger partial charge in [-0.3, -0.25) is 19.2 Å². The number of benzene rings is 3. The van der Waals surface area contributed by atoms with Gasteiger partial charge in [-0.25, -0.2) is 14.9 Å². The second-order valence-corrected chi connectivity index (χ2v) is 9.90. The standard InChI is InChI=1S/C30H29FN6O4/c1-40-36-29-34-26-22(27(39)35-29)33-17-37(26)28-21(31)23(38)24(41-28)25(32)30(18-11-5-2-6-12-18,19-13-7-3-8-14-19)20-15-9-4-10-16-20/h2-17,21,23-25,28,38H,32H2,1H3,(H2,34,35,36,39)/t21-,23+,24+,25?,28-/m1/s1. The Hall–Kier alpha value is -4.42. The van der Waals surface area contributed by atoms with Gasteiger partial charge in [0.2, 0.25) is 5.95 Å². The van der Waals surface area contributed by atoms with E-state index in [2.05, 4.69) is 20.4 Å². The van der Waals surface area contributed by atoms with Crippen molar-refractivity contribution in [3.8, 4) is 0 Å². The normalized spacial score (nSPS) is 21.7. The van der Waals surface area contributed by atoms with Gasteiger partial charge >= 0.3 is 0 Å². The van der Waals surface area contributed by atoms with Crippen molar-refractivity contribution in [2.75, 3.05) is 12.6 Å². The minimum atomic E-state index is -1.90. The number of aliphatic hydroxyl groups excluding tert-OH is 1. The molecule has 11 heteroatoms. The van der Waals surface area contributed by atoms with Crippen LogP contribution in [-0.4, -0.2) is 56.2 Å². The van der Waals surface area contributed by atoms with Gasteiger partial charge in [0, 0.05) is 0 Å². The van der Waals surface area contributed by atoms with Crippen molar-refractivity contribution in [3.63, 3.8) is 0 Å². The van der Waals surface area contributed by atoms with Gasteiger partial charge in [0.25, 0.3) is 5.56 Å². The zero-order valence-corrected chi connectivity index (χ0v) is 22.1. The van der Waals surface area contributed by atoms with E-state index in [4.69, 9.17) is 15.3 Å². The van der Waals surface area contributed by atoms with E-state index >= 15 is 4.39 Å². The lowest BCUT2D eigenvalue weighted by molar-refractivity contribution is -0.0407. The van der Waals surface area contributed by atoms with E-state index in [9.17, 15) is 9.90 Å². The number of aromatic amines is 1. The predicted octanol–water partition coefficient (Wildman–Crippen LogP) is 3.05. The van der Waals surface area contributed by atoms with Crippen LogP contribution in [0, 0.1) is 0 Å². The monoisotopic (exact) mass is 556 g/mol. The molecule has 5 N–H and O–H groups in total. The molecule has 2 aromatic heterocycles. The second kappa shape index (κ2) is 10.9. The molecule has 41 heavy (non-hydrogen) atoms. The average molecular weight is 557 g/mol. The van der Waals surface area contributed by atoms with Gasteiger partial charge in [0.15, 0.2) is 23.6 Å². The first-order valence-corrected chi connectivity index (χ1v) is 13.1. The number of nitrogens with zero attached hydrogens (tertiary/aromatic N) is 3. The third-order valence-electron chi connectivity index (χ3n) is 7.68. The highest BCUT2D eigenvalue weighted by molar-refractivity contribution is 5.70. The van der Waals surface area contributed by atoms with Gasteiger partial charge in [-0.1, -0.05) is 91.0 Å². The van der Waals surface area contributed by atoms with Gasteiger partial charge in [0.05, 0.1) is 24.9 Å². The van der Waals surface area contributed by atoms with Crippen molar-refractivity contribution in [1.29, 1.82) is 0 Å². The van der Waals surface area contributed by atoms with E-state index < -0.39 is 41.6 Å². The van der Waals surface area contributed by atoms with E-state index in [1.807, 2.05) is 91.0 Å². The number of aliphatic hydroxyl groups is 1. The Kier molecular flexibility index (Phi) is 7.10. The van der Waals surface area contributed by atoms with E-state index in [1.54, 1.807) is 0 Å². The summed E-state index contributed by atoms with van der Waals surface area (Å²) >= 11 is 0. The number of nitrogens with one attached hydrogen (secondary N) is 2. The maximum Gasteiger partial charge on any atom is 0.280 e. The summed E-state index contributed by atoms with van der Waals surface area (Å²) in [7, 11) is 1.36. The second-order valence-electron chi connectivity index (χ2n) is 9.90. The summed E-state index contributed by atoms with van der Waals surface area (Å²) in [5, 5.41) is 11.3. The largest absolute Gasteiger partial charge is 0.387 e. The summed E-state index contributed by atoms with van der Waals surface area (Å²) in [4.78, 5) is 28.3. The number of ether oxygens (including phenoxy) is 1. The zero-order chi connectivity index (χ0) is 28.6. The van der Waals surface area contributed by atoms with Crippen LogP contribution in [0.2, 0.25) is 0 Å². The van der Waals surface area contributed by atoms with E-state index in [0.29, 0.717) is 0 Å². The number of imidazole rings is 1. The van der Waals surface area contributed by atoms with Crippen LogP contribution in [0.1, 0.15) is 22.9 Å². The lowest BCUT2D eigenvalue weighted by Gasteiger charge is -2.43. The first-order chi connectivity index (χ1) is 20.0. The molecule has 210 valence electrons. The first-order valence-electron chi connectivity index (χ1n) is 13.1. The highest BCUT2D eigenvalue weighted by Crippen LogP contribution is 2.46. The molecule has 1 aliphatic rings. The fourth-order valence-corrected chi connectivity index (χ4v) is 5.87. The molecule has 1 unspecified atom stereocenters. The molecule has 0 bridgehead atoms. The molecule has 10 nitrogen and oxygen atoms in total. The summed E-state index contributed by atoms with van der Waals surface area (Å²) in [5.74, 6) is 0.00482. The predicted molar refractivity (Wildman–Crippen MR) is 151 cm³/mol. The minimum Gasteiger partial charge on any atom is -0.387 e. The van der Waals surface area contributed by atoms with Gasteiger partial charge in [-0.15, -0.1) is 0 Å². The van der Waals surface area contributed by atoms with Crippen molar-refractivity contribution >= 4 is 17.1 Å². The number of fused-ring (bicyclic) bond motifs is 1. The molecule has 1 saturated heterocycles. The smallest absolute Gasteiger partial charge is 0.280 e. The number of halogens is 1. The van der Waals surface area contributed by atoms with Gasteiger partial charge in [-0.2, -0.15) is 4.98 Å². The lowest BCUT2D eigenvalue weighted by Crippen LogP contribution is -2.57. The topological polar surface area (TPSA) is 140 Å². The summed E-state index contributed by atoms with van der Waals surface area (Å²) < 4.78 is 23.6. The van der Waals surface area contributed by atoms with Crippen LogP contribution in [0.3, 0.4) is 0 Å². The maximum absolute atomic E-state index is 16.0. The van der Waals surface area contributed by atoms with E-state index in [1.165, 1.54) is 18.0 Å². The van der Waals surface area contributed by atoms with Crippen LogP contribution in [-0.2, 0) is 15.0 Å². The molecule has 5 aromatic rings. The molecular weight excluding hydrogens is 527 g/mol. The molecule has 0 aliphatic carbocycles. The van der Waals surface area contributed by atoms with Gasteiger partial charge in [0.1, 0.15) is 12.2 Å². The van der Waals surface area contributed by atoms with Crippen molar-refractivity contribution < 1.29 is 19.1 Å². The highest BCUT2D eigenvalue weighted by Gasteiger charge is 2.55. The quantitative estimate of drug-likeness (QED) is 0.169. The summed E-state index contributed by atoms with van der Waals surface area (Å²) in [6, 6.07) is 28.1. The number of aromatic nitrogens is 4. The molecule has 6 rings (SSSR count). The molecule has 0 amide bonds. The summed E-state index contributed by atoms with van der Waals surface area (Å²) in [6.07, 6.45) is -4.74. The Morgan fingerprint density at radius 1 is 1.02 bits per heavy atom. The molecule has 0 spiro atoms. The highest BCUT2D eigenvalue weighted by atomic mass is 19.1. The van der Waals surface area contributed by atoms with Crippen molar-refractivity contribution in [1.82, 2.24) is 19.5 Å². The Bertz CT molecular complexity index is 1580. The SMILES string of the molecule is CONc1nc2c(ncn2[C@@H]2O[C@H](C(N)C(c3ccccc3)(c3ccccc3)c3ccccc3)[C@@H](O)[C@H]2F)c(=O)[nH]1. The number of nitrogens with two attached hydrogens (primary N) is 1. The Morgan fingerprint density at radius 2 is 1.56 bits per heavy atom. The van der Waals surface area contributed by atoms with E-state index in [0.717, 1.165) is 16.7 Å². The summed E-state index contributed by atoms with van der Waals surface area (Å²) in [5.41, 5.74) is 10.6. The number of H-pyrrole nitrogens is 1. The number of alkyl halides is 1. The number of hydrogen-bond donors (Lipinski definition) is 4. The Morgan fingerprint density at radius 3 is 2.07 bits per heavy atom. The third kappa shape index (κ3) is 4.39. The van der Waals surface area contributed by atoms with Crippen LogP contribution in [0.4, 0.5) is 10.3 Å².